The fourth-order valence-electron chi connectivity index (χ4n) is 1.65. The van der Waals surface area contributed by atoms with Crippen LogP contribution in [0.3, 0.4) is 0 Å². The van der Waals surface area contributed by atoms with Crippen LogP contribution in [0.15, 0.2) is 10.2 Å². The third-order valence-corrected chi connectivity index (χ3v) is 3.26. The van der Waals surface area contributed by atoms with Gasteiger partial charge in [-0.2, -0.15) is 10.2 Å². The van der Waals surface area contributed by atoms with Crippen LogP contribution in [0, 0.1) is 11.8 Å². The normalized spacial score (nSPS) is 14.1. The van der Waals surface area contributed by atoms with Gasteiger partial charge in [0.1, 0.15) is 0 Å². The zero-order valence-electron chi connectivity index (χ0n) is 13.9. The van der Waals surface area contributed by atoms with E-state index >= 15 is 0 Å². The fourth-order valence-corrected chi connectivity index (χ4v) is 1.65. The van der Waals surface area contributed by atoms with Crippen molar-refractivity contribution in [2.45, 2.75) is 92.2 Å². The minimum atomic E-state index is -0.0145. The molecule has 0 saturated heterocycles. The number of azo groups is 1. The van der Waals surface area contributed by atoms with Crippen LogP contribution in [-0.2, 0) is 0 Å². The molecule has 0 aliphatic carbocycles. The van der Waals surface area contributed by atoms with Gasteiger partial charge in [-0.05, 0) is 65.2 Å². The van der Waals surface area contributed by atoms with Gasteiger partial charge in [0, 0.05) is 0 Å². The van der Waals surface area contributed by atoms with Crippen molar-refractivity contribution in [1.29, 1.82) is 0 Å². The van der Waals surface area contributed by atoms with Crippen LogP contribution in [0.1, 0.15) is 81.1 Å². The lowest BCUT2D eigenvalue weighted by Gasteiger charge is -2.24. The van der Waals surface area contributed by atoms with E-state index < -0.39 is 0 Å². The Morgan fingerprint density at radius 3 is 1.17 bits per heavy atom. The summed E-state index contributed by atoms with van der Waals surface area (Å²) in [6.07, 6.45) is 4.68. The predicted molar refractivity (Wildman–Crippen MR) is 81.2 cm³/mol. The molecular formula is C16H34N2. The molecule has 0 fully saturated rings. The van der Waals surface area contributed by atoms with E-state index in [1.807, 2.05) is 0 Å². The number of hydrogen-bond acceptors (Lipinski definition) is 2. The molecule has 0 bridgehead atoms. The molecule has 0 heterocycles. The summed E-state index contributed by atoms with van der Waals surface area (Å²) in [6.45, 7) is 17.8. The van der Waals surface area contributed by atoms with Crippen LogP contribution < -0.4 is 0 Å². The molecule has 2 nitrogen and oxygen atoms in total. The van der Waals surface area contributed by atoms with E-state index in [1.54, 1.807) is 0 Å². The quantitative estimate of drug-likeness (QED) is 0.484. The lowest BCUT2D eigenvalue weighted by atomic mass is 9.94. The zero-order chi connectivity index (χ0) is 14.4. The van der Waals surface area contributed by atoms with Crippen LogP contribution in [0.2, 0.25) is 0 Å². The van der Waals surface area contributed by atoms with E-state index in [0.29, 0.717) is 0 Å². The molecule has 0 aromatic rings. The zero-order valence-corrected chi connectivity index (χ0v) is 13.9. The van der Waals surface area contributed by atoms with Crippen LogP contribution in [-0.4, -0.2) is 11.1 Å². The van der Waals surface area contributed by atoms with Gasteiger partial charge in [0.15, 0.2) is 0 Å². The second-order valence-electron chi connectivity index (χ2n) is 7.69. The second-order valence-corrected chi connectivity index (χ2v) is 7.69. The minimum absolute atomic E-state index is 0.0145. The summed E-state index contributed by atoms with van der Waals surface area (Å²) in [5.41, 5.74) is -0.0290. The van der Waals surface area contributed by atoms with Gasteiger partial charge in [0.05, 0.1) is 11.1 Å². The van der Waals surface area contributed by atoms with Crippen molar-refractivity contribution in [3.05, 3.63) is 0 Å². The van der Waals surface area contributed by atoms with Crippen LogP contribution in [0.25, 0.3) is 0 Å². The molecule has 2 heteroatoms. The smallest absolute Gasteiger partial charge is 0.0760 e. The molecule has 0 aromatic carbocycles. The first-order valence-electron chi connectivity index (χ1n) is 7.48. The molecule has 0 N–H and O–H groups in total. The third kappa shape index (κ3) is 9.61. The average Bonchev–Trinajstić information content (AvgIpc) is 2.22. The Morgan fingerprint density at radius 1 is 0.667 bits per heavy atom. The van der Waals surface area contributed by atoms with Crippen molar-refractivity contribution in [3.8, 4) is 0 Å². The molecule has 18 heavy (non-hydrogen) atoms. The maximum atomic E-state index is 4.60. The lowest BCUT2D eigenvalue weighted by Crippen LogP contribution is -2.21. The molecule has 0 aliphatic rings. The summed E-state index contributed by atoms with van der Waals surface area (Å²) in [4.78, 5) is 0. The molecule has 0 saturated carbocycles. The maximum absolute atomic E-state index is 4.60. The fraction of sp³-hybridized carbons (Fsp3) is 1.00. The first-order chi connectivity index (χ1) is 8.04. The van der Waals surface area contributed by atoms with E-state index in [2.05, 4.69) is 65.6 Å². The van der Waals surface area contributed by atoms with Crippen molar-refractivity contribution in [2.75, 3.05) is 0 Å². The summed E-state index contributed by atoms with van der Waals surface area (Å²) >= 11 is 0. The molecule has 108 valence electrons. The molecule has 0 unspecified atom stereocenters. The van der Waals surface area contributed by atoms with E-state index in [1.165, 1.54) is 12.8 Å². The van der Waals surface area contributed by atoms with Crippen LogP contribution in [0.5, 0.6) is 0 Å². The Hall–Kier alpha value is -0.400. The van der Waals surface area contributed by atoms with Gasteiger partial charge in [-0.25, -0.2) is 0 Å². The van der Waals surface area contributed by atoms with E-state index in [-0.39, 0.29) is 11.1 Å². The van der Waals surface area contributed by atoms with Gasteiger partial charge in [-0.15, -0.1) is 0 Å². The van der Waals surface area contributed by atoms with Gasteiger partial charge in [-0.3, -0.25) is 0 Å². The number of rotatable bonds is 8. The van der Waals surface area contributed by atoms with Crippen molar-refractivity contribution in [2.24, 2.45) is 22.1 Å². The topological polar surface area (TPSA) is 24.7 Å². The lowest BCUT2D eigenvalue weighted by molar-refractivity contribution is 0.350. The highest BCUT2D eigenvalue weighted by molar-refractivity contribution is 4.81. The van der Waals surface area contributed by atoms with Crippen LogP contribution in [0.4, 0.5) is 0 Å². The summed E-state index contributed by atoms with van der Waals surface area (Å²) < 4.78 is 0. The second kappa shape index (κ2) is 7.25. The van der Waals surface area contributed by atoms with E-state index in [0.717, 1.165) is 24.7 Å². The summed E-state index contributed by atoms with van der Waals surface area (Å²) in [6, 6.07) is 0. The highest BCUT2D eigenvalue weighted by Crippen LogP contribution is 2.25. The Labute approximate surface area is 115 Å². The third-order valence-electron chi connectivity index (χ3n) is 3.26. The highest BCUT2D eigenvalue weighted by atomic mass is 15.2. The Bertz CT molecular complexity index is 224. The Morgan fingerprint density at radius 2 is 0.944 bits per heavy atom. The Kier molecular flexibility index (Phi) is 7.09. The van der Waals surface area contributed by atoms with Gasteiger partial charge >= 0.3 is 0 Å². The SMILES string of the molecule is CC(C)CCC(C)(C)N=NC(C)(C)CCC(C)C. The predicted octanol–water partition coefficient (Wildman–Crippen LogP) is 5.87. The van der Waals surface area contributed by atoms with Gasteiger partial charge < -0.3 is 0 Å². The molecule has 0 radical (unpaired) electrons. The van der Waals surface area contributed by atoms with Gasteiger partial charge in [-0.1, -0.05) is 27.7 Å². The maximum Gasteiger partial charge on any atom is 0.0760 e. The summed E-state index contributed by atoms with van der Waals surface area (Å²) in [5, 5.41) is 9.21. The van der Waals surface area contributed by atoms with E-state index in [4.69, 9.17) is 0 Å². The molecule has 0 atom stereocenters. The van der Waals surface area contributed by atoms with Gasteiger partial charge in [0.2, 0.25) is 0 Å². The van der Waals surface area contributed by atoms with Crippen molar-refractivity contribution in [1.82, 2.24) is 0 Å². The largest absolute Gasteiger partial charge is 0.187 e. The number of hydrogen-bond donors (Lipinski definition) is 0. The first-order valence-corrected chi connectivity index (χ1v) is 7.48. The average molecular weight is 254 g/mol. The molecule has 0 spiro atoms. The minimum Gasteiger partial charge on any atom is -0.187 e. The van der Waals surface area contributed by atoms with Crippen molar-refractivity contribution < 1.29 is 0 Å². The van der Waals surface area contributed by atoms with Gasteiger partial charge in [0.25, 0.3) is 0 Å². The molecule has 0 rings (SSSR count). The molecule has 0 aliphatic heterocycles. The molecular weight excluding hydrogens is 220 g/mol. The summed E-state index contributed by atoms with van der Waals surface area (Å²) in [5.74, 6) is 1.49. The number of nitrogens with zero attached hydrogens (tertiary/aromatic N) is 2. The Balaban J connectivity index is 4.32. The molecule has 0 aromatic heterocycles. The standard InChI is InChI=1S/C16H34N2/c1-13(2)9-11-15(5,6)17-18-16(7,8)12-10-14(3)4/h13-14H,9-12H2,1-8H3. The van der Waals surface area contributed by atoms with Crippen LogP contribution >= 0.6 is 0 Å². The van der Waals surface area contributed by atoms with Crippen molar-refractivity contribution in [3.63, 3.8) is 0 Å². The van der Waals surface area contributed by atoms with Crippen molar-refractivity contribution >= 4 is 0 Å². The highest BCUT2D eigenvalue weighted by Gasteiger charge is 2.21. The summed E-state index contributed by atoms with van der Waals surface area (Å²) in [7, 11) is 0. The monoisotopic (exact) mass is 254 g/mol. The molecule has 0 amide bonds. The van der Waals surface area contributed by atoms with E-state index in [9.17, 15) is 0 Å². The first kappa shape index (κ1) is 17.6.